The number of carbonyl (C=O) groups excluding carboxylic acids is 2. The number of rotatable bonds is 4. The molecule has 0 radical (unpaired) electrons. The summed E-state index contributed by atoms with van der Waals surface area (Å²) < 4.78 is 4.96. The van der Waals surface area contributed by atoms with Gasteiger partial charge < -0.3 is 20.3 Å². The van der Waals surface area contributed by atoms with Crippen molar-refractivity contribution >= 4 is 12.0 Å². The van der Waals surface area contributed by atoms with Crippen molar-refractivity contribution in [1.82, 2.24) is 9.80 Å². The van der Waals surface area contributed by atoms with Gasteiger partial charge in [0, 0.05) is 26.2 Å². The summed E-state index contributed by atoms with van der Waals surface area (Å²) in [5.74, 6) is -0.122. The van der Waals surface area contributed by atoms with Gasteiger partial charge in [-0.1, -0.05) is 12.1 Å². The first-order valence-corrected chi connectivity index (χ1v) is 8.00. The van der Waals surface area contributed by atoms with Gasteiger partial charge >= 0.3 is 6.09 Å². The molecule has 0 aromatic heterocycles. The van der Waals surface area contributed by atoms with E-state index < -0.39 is 6.04 Å². The number of amides is 2. The lowest BCUT2D eigenvalue weighted by Crippen LogP contribution is -2.54. The fraction of sp³-hybridized carbons (Fsp3) is 0.471. The SMILES string of the molecule is CCOC(=O)N1CCN(C(=O)C(N)Cc2ccc(C#N)cc2)CC1. The lowest BCUT2D eigenvalue weighted by atomic mass is 10.0. The van der Waals surface area contributed by atoms with Crippen LogP contribution in [0.5, 0.6) is 0 Å². The second kappa shape index (κ2) is 8.31. The van der Waals surface area contributed by atoms with Crippen molar-refractivity contribution < 1.29 is 14.3 Å². The number of benzene rings is 1. The van der Waals surface area contributed by atoms with E-state index >= 15 is 0 Å². The van der Waals surface area contributed by atoms with Crippen LogP contribution in [0.4, 0.5) is 4.79 Å². The molecule has 7 heteroatoms. The van der Waals surface area contributed by atoms with Crippen molar-refractivity contribution in [3.63, 3.8) is 0 Å². The van der Waals surface area contributed by atoms with E-state index in [4.69, 9.17) is 15.7 Å². The van der Waals surface area contributed by atoms with Crippen LogP contribution in [0.2, 0.25) is 0 Å². The number of nitrogens with zero attached hydrogens (tertiary/aromatic N) is 3. The van der Waals surface area contributed by atoms with Crippen molar-refractivity contribution in [2.24, 2.45) is 5.73 Å². The van der Waals surface area contributed by atoms with Crippen molar-refractivity contribution in [2.75, 3.05) is 32.8 Å². The predicted octanol–water partition coefficient (Wildman–Crippen LogP) is 0.729. The highest BCUT2D eigenvalue weighted by atomic mass is 16.6. The highest BCUT2D eigenvalue weighted by molar-refractivity contribution is 5.82. The Hall–Kier alpha value is -2.59. The van der Waals surface area contributed by atoms with Gasteiger partial charge in [0.1, 0.15) is 0 Å². The van der Waals surface area contributed by atoms with Crippen LogP contribution in [0.15, 0.2) is 24.3 Å². The van der Waals surface area contributed by atoms with Gasteiger partial charge in [-0.15, -0.1) is 0 Å². The van der Waals surface area contributed by atoms with Gasteiger partial charge in [-0.05, 0) is 31.0 Å². The molecule has 1 aliphatic heterocycles. The van der Waals surface area contributed by atoms with E-state index in [2.05, 4.69) is 6.07 Å². The summed E-state index contributed by atoms with van der Waals surface area (Å²) in [4.78, 5) is 27.4. The van der Waals surface area contributed by atoms with Crippen molar-refractivity contribution in [3.8, 4) is 6.07 Å². The molecule has 1 atom stereocenters. The van der Waals surface area contributed by atoms with Crippen LogP contribution in [0.1, 0.15) is 18.1 Å². The molecule has 1 fully saturated rings. The minimum absolute atomic E-state index is 0.122. The number of nitrogens with two attached hydrogens (primary N) is 1. The molecule has 128 valence electrons. The molecular formula is C17H22N4O3. The molecule has 2 N–H and O–H groups in total. The summed E-state index contributed by atoms with van der Waals surface area (Å²) in [6.45, 7) is 3.92. The topological polar surface area (TPSA) is 99.7 Å². The standard InChI is InChI=1S/C17H22N4O3/c1-2-24-17(23)21-9-7-20(8-10-21)16(22)15(19)11-13-3-5-14(12-18)6-4-13/h3-6,15H,2,7-11,19H2,1H3. The molecule has 0 aliphatic carbocycles. The monoisotopic (exact) mass is 330 g/mol. The van der Waals surface area contributed by atoms with Gasteiger partial charge in [-0.2, -0.15) is 5.26 Å². The van der Waals surface area contributed by atoms with Gasteiger partial charge in [0.15, 0.2) is 0 Å². The summed E-state index contributed by atoms with van der Waals surface area (Å²) in [6, 6.07) is 8.47. The Morgan fingerprint density at radius 1 is 1.21 bits per heavy atom. The van der Waals surface area contributed by atoms with E-state index in [1.165, 1.54) is 0 Å². The second-order valence-electron chi connectivity index (χ2n) is 5.63. The maximum atomic E-state index is 12.4. The van der Waals surface area contributed by atoms with Crippen molar-refractivity contribution in [2.45, 2.75) is 19.4 Å². The molecular weight excluding hydrogens is 308 g/mol. The van der Waals surface area contributed by atoms with E-state index in [-0.39, 0.29) is 12.0 Å². The summed E-state index contributed by atoms with van der Waals surface area (Å²) in [5.41, 5.74) is 7.53. The van der Waals surface area contributed by atoms with Crippen LogP contribution in [0, 0.1) is 11.3 Å². The van der Waals surface area contributed by atoms with E-state index in [1.807, 2.05) is 12.1 Å². The van der Waals surface area contributed by atoms with Gasteiger partial charge in [-0.25, -0.2) is 4.79 Å². The number of piperazine rings is 1. The molecule has 1 aliphatic rings. The first-order chi connectivity index (χ1) is 11.5. The maximum Gasteiger partial charge on any atom is 0.409 e. The Morgan fingerprint density at radius 2 is 1.79 bits per heavy atom. The molecule has 24 heavy (non-hydrogen) atoms. The fourth-order valence-corrected chi connectivity index (χ4v) is 2.62. The van der Waals surface area contributed by atoms with Gasteiger partial charge in [0.05, 0.1) is 24.3 Å². The molecule has 0 saturated carbocycles. The summed E-state index contributed by atoms with van der Waals surface area (Å²) in [6.07, 6.45) is 0.0781. The van der Waals surface area contributed by atoms with Crippen LogP contribution in [-0.2, 0) is 16.0 Å². The average Bonchev–Trinajstić information content (AvgIpc) is 2.62. The van der Waals surface area contributed by atoms with E-state index in [9.17, 15) is 9.59 Å². The molecule has 1 aromatic rings. The predicted molar refractivity (Wildman–Crippen MR) is 88.0 cm³/mol. The zero-order valence-corrected chi connectivity index (χ0v) is 13.8. The quantitative estimate of drug-likeness (QED) is 0.877. The van der Waals surface area contributed by atoms with Crippen LogP contribution in [-0.4, -0.2) is 60.6 Å². The normalized spacial score (nSPS) is 15.5. The third-order valence-electron chi connectivity index (χ3n) is 3.97. The van der Waals surface area contributed by atoms with Crippen LogP contribution < -0.4 is 5.73 Å². The largest absolute Gasteiger partial charge is 0.450 e. The number of carbonyl (C=O) groups is 2. The van der Waals surface area contributed by atoms with Crippen LogP contribution >= 0.6 is 0 Å². The maximum absolute atomic E-state index is 12.4. The smallest absolute Gasteiger partial charge is 0.409 e. The van der Waals surface area contributed by atoms with Gasteiger partial charge in [0.25, 0.3) is 0 Å². The Labute approximate surface area is 141 Å². The number of ether oxygens (including phenoxy) is 1. The molecule has 1 unspecified atom stereocenters. The zero-order valence-electron chi connectivity index (χ0n) is 13.8. The summed E-state index contributed by atoms with van der Waals surface area (Å²) >= 11 is 0. The van der Waals surface area contributed by atoms with E-state index in [1.54, 1.807) is 28.9 Å². The Kier molecular flexibility index (Phi) is 6.15. The molecule has 1 aromatic carbocycles. The van der Waals surface area contributed by atoms with E-state index in [0.29, 0.717) is 44.8 Å². The Bertz CT molecular complexity index is 616. The number of nitriles is 1. The minimum Gasteiger partial charge on any atom is -0.450 e. The molecule has 0 spiro atoms. The zero-order chi connectivity index (χ0) is 17.5. The summed E-state index contributed by atoms with van der Waals surface area (Å²) in [5, 5.41) is 8.79. The molecule has 1 saturated heterocycles. The highest BCUT2D eigenvalue weighted by Gasteiger charge is 2.27. The molecule has 2 rings (SSSR count). The third kappa shape index (κ3) is 4.46. The Balaban J connectivity index is 1.85. The van der Waals surface area contributed by atoms with Gasteiger partial charge in [-0.3, -0.25) is 4.79 Å². The van der Waals surface area contributed by atoms with E-state index in [0.717, 1.165) is 5.56 Å². The second-order valence-corrected chi connectivity index (χ2v) is 5.63. The highest BCUT2D eigenvalue weighted by Crippen LogP contribution is 2.09. The van der Waals surface area contributed by atoms with Crippen LogP contribution in [0.3, 0.4) is 0 Å². The molecule has 0 bridgehead atoms. The van der Waals surface area contributed by atoms with Gasteiger partial charge in [0.2, 0.25) is 5.91 Å². The van der Waals surface area contributed by atoms with Crippen molar-refractivity contribution in [3.05, 3.63) is 35.4 Å². The number of hydrogen-bond acceptors (Lipinski definition) is 5. The summed E-state index contributed by atoms with van der Waals surface area (Å²) in [7, 11) is 0. The molecule has 7 nitrogen and oxygen atoms in total. The first kappa shape index (κ1) is 17.8. The first-order valence-electron chi connectivity index (χ1n) is 8.00. The fourth-order valence-electron chi connectivity index (χ4n) is 2.62. The molecule has 1 heterocycles. The Morgan fingerprint density at radius 3 is 2.33 bits per heavy atom. The average molecular weight is 330 g/mol. The lowest BCUT2D eigenvalue weighted by molar-refractivity contribution is -0.134. The third-order valence-corrected chi connectivity index (χ3v) is 3.97. The molecule has 2 amide bonds. The lowest BCUT2D eigenvalue weighted by Gasteiger charge is -2.35. The van der Waals surface area contributed by atoms with Crippen LogP contribution in [0.25, 0.3) is 0 Å². The van der Waals surface area contributed by atoms with Crippen molar-refractivity contribution in [1.29, 1.82) is 5.26 Å². The minimum atomic E-state index is -0.632. The number of hydrogen-bond donors (Lipinski definition) is 1.